The lowest BCUT2D eigenvalue weighted by Crippen LogP contribution is -2.55. The summed E-state index contributed by atoms with van der Waals surface area (Å²) in [6.45, 7) is 22.0. The first-order chi connectivity index (χ1) is 22.8. The molecule has 0 fully saturated rings. The molecule has 7 nitrogen and oxygen atoms in total. The lowest BCUT2D eigenvalue weighted by Gasteiger charge is -2.43. The second-order valence-corrected chi connectivity index (χ2v) is 20.2. The Bertz CT molecular complexity index is 1150. The fourth-order valence-corrected chi connectivity index (χ4v) is 5.44. The first-order valence-electron chi connectivity index (χ1n) is 18.1. The van der Waals surface area contributed by atoms with E-state index in [0.717, 1.165) is 38.5 Å². The van der Waals surface area contributed by atoms with Gasteiger partial charge in [0.1, 0.15) is 11.7 Å². The average molecular weight is 700 g/mol. The van der Waals surface area contributed by atoms with Gasteiger partial charge in [0.2, 0.25) is 5.91 Å². The molecule has 0 aromatic heterocycles. The molecule has 0 saturated heterocycles. The lowest BCUT2D eigenvalue weighted by atomic mass is 9.87. The van der Waals surface area contributed by atoms with Gasteiger partial charge in [0.25, 0.3) is 0 Å². The fraction of sp³-hybridized carbons (Fsp3) is 0.634. The predicted octanol–water partition coefficient (Wildman–Crippen LogP) is 10.3. The lowest BCUT2D eigenvalue weighted by molar-refractivity contribution is -0.155. The summed E-state index contributed by atoms with van der Waals surface area (Å²) in [4.78, 5) is 38.2. The van der Waals surface area contributed by atoms with Crippen LogP contribution in [0.15, 0.2) is 72.9 Å². The summed E-state index contributed by atoms with van der Waals surface area (Å²) in [5, 5.41) is 2.72. The minimum absolute atomic E-state index is 0.0361. The Morgan fingerprint density at radius 3 is 1.53 bits per heavy atom. The van der Waals surface area contributed by atoms with Gasteiger partial charge < -0.3 is 19.2 Å². The van der Waals surface area contributed by atoms with E-state index in [2.05, 4.69) is 113 Å². The molecule has 1 atom stereocenters. The summed E-state index contributed by atoms with van der Waals surface area (Å²) >= 11 is 0. The van der Waals surface area contributed by atoms with E-state index in [9.17, 15) is 14.4 Å². The molecular formula is C41H69NO6Si. The normalized spacial score (nSPS) is 14.3. The number of rotatable bonds is 23. The Kier molecular flexibility index (Phi) is 22.8. The molecular weight excluding hydrogens is 631 g/mol. The van der Waals surface area contributed by atoms with E-state index in [1.54, 1.807) is 20.8 Å². The van der Waals surface area contributed by atoms with E-state index in [4.69, 9.17) is 13.9 Å². The monoisotopic (exact) mass is 699 g/mol. The summed E-state index contributed by atoms with van der Waals surface area (Å²) in [5.41, 5.74) is -1.39. The number of allylic oxidation sites excluding steroid dienone is 12. The molecule has 0 saturated carbocycles. The van der Waals surface area contributed by atoms with Gasteiger partial charge in [-0.3, -0.25) is 14.4 Å². The number of carbonyl (C=O) groups is 3. The maximum atomic E-state index is 13.4. The summed E-state index contributed by atoms with van der Waals surface area (Å²) < 4.78 is 17.6. The van der Waals surface area contributed by atoms with Crippen molar-refractivity contribution in [1.82, 2.24) is 5.32 Å². The van der Waals surface area contributed by atoms with Crippen molar-refractivity contribution >= 4 is 26.2 Å². The Labute approximate surface area is 300 Å². The molecule has 8 heteroatoms. The van der Waals surface area contributed by atoms with Crippen LogP contribution in [0.5, 0.6) is 0 Å². The maximum absolute atomic E-state index is 13.4. The van der Waals surface area contributed by atoms with Gasteiger partial charge in [-0.2, -0.15) is 0 Å². The molecule has 0 spiro atoms. The smallest absolute Gasteiger partial charge is 0.308 e. The third kappa shape index (κ3) is 23.9. The van der Waals surface area contributed by atoms with E-state index in [0.29, 0.717) is 6.42 Å². The van der Waals surface area contributed by atoms with Gasteiger partial charge in [-0.05, 0) is 83.8 Å². The largest absolute Gasteiger partial charge is 0.465 e. The van der Waals surface area contributed by atoms with E-state index in [-0.39, 0.29) is 48.9 Å². The van der Waals surface area contributed by atoms with Crippen LogP contribution < -0.4 is 5.32 Å². The molecule has 0 heterocycles. The van der Waals surface area contributed by atoms with Crippen LogP contribution in [0.4, 0.5) is 0 Å². The molecule has 0 aromatic rings. The van der Waals surface area contributed by atoms with Gasteiger partial charge in [0, 0.05) is 18.4 Å². The zero-order chi connectivity index (χ0) is 37.4. The van der Waals surface area contributed by atoms with Crippen LogP contribution in [-0.4, -0.2) is 51.0 Å². The summed E-state index contributed by atoms with van der Waals surface area (Å²) in [6, 6.07) is 0. The molecule has 0 bridgehead atoms. The Morgan fingerprint density at radius 1 is 0.653 bits per heavy atom. The minimum atomic E-state index is -2.37. The second-order valence-electron chi connectivity index (χ2n) is 15.5. The van der Waals surface area contributed by atoms with E-state index in [1.165, 1.54) is 0 Å². The van der Waals surface area contributed by atoms with Crippen molar-refractivity contribution in [3.05, 3.63) is 72.9 Å². The molecule has 278 valence electrons. The first-order valence-corrected chi connectivity index (χ1v) is 21.0. The molecule has 1 amide bonds. The molecule has 0 aromatic carbocycles. The van der Waals surface area contributed by atoms with E-state index >= 15 is 0 Å². The standard InChI is InChI=1S/C41H69NO6Si/c1-12-13-14-15-16-17-18-19-20-21-22-23-24-25-26-27-28-29-30-31-35(43)46-34-41(8,9)37(48-49(10,11)40(5,6)7)38(45)42-33-32-36(44)47-39(2,3)4/h13-14,16-17,19-20,22-23,25-26,28-29,37H,12,15,18,21,24,27,30-34H2,1-11H3,(H,42,45)/b14-13-,17-16-,20-19-,23-22-,26-25-,29-28-/t37-/m0/s1. The van der Waals surface area contributed by atoms with Crippen molar-refractivity contribution in [2.24, 2.45) is 5.41 Å². The van der Waals surface area contributed by atoms with Crippen molar-refractivity contribution < 1.29 is 28.3 Å². The SMILES string of the molecule is CC/C=C\C/C=C\C/C=C\C/C=C\C/C=C\C/C=C\CCC(=O)OCC(C)(C)[C@@H](O[Si](C)(C)C(C)(C)C)C(=O)NCCC(=O)OC(C)(C)C. The average Bonchev–Trinajstić information content (AvgIpc) is 2.98. The van der Waals surface area contributed by atoms with Crippen molar-refractivity contribution in [3.8, 4) is 0 Å². The second kappa shape index (κ2) is 24.2. The summed E-state index contributed by atoms with van der Waals surface area (Å²) in [6.07, 6.45) is 31.6. The van der Waals surface area contributed by atoms with E-state index < -0.39 is 25.4 Å². The number of hydrogen-bond donors (Lipinski definition) is 1. The highest BCUT2D eigenvalue weighted by Gasteiger charge is 2.46. The van der Waals surface area contributed by atoms with Gasteiger partial charge in [-0.15, -0.1) is 0 Å². The van der Waals surface area contributed by atoms with Crippen LogP contribution in [-0.2, 0) is 28.3 Å². The Morgan fingerprint density at radius 2 is 1.10 bits per heavy atom. The van der Waals surface area contributed by atoms with Crippen LogP contribution in [0, 0.1) is 5.41 Å². The fourth-order valence-electron chi connectivity index (χ4n) is 4.07. The first kappa shape index (κ1) is 46.0. The van der Waals surface area contributed by atoms with Crippen LogP contribution in [0.3, 0.4) is 0 Å². The van der Waals surface area contributed by atoms with Crippen LogP contribution in [0.25, 0.3) is 0 Å². The predicted molar refractivity (Wildman–Crippen MR) is 208 cm³/mol. The molecule has 0 aliphatic rings. The van der Waals surface area contributed by atoms with Gasteiger partial charge in [0.15, 0.2) is 8.32 Å². The van der Waals surface area contributed by atoms with Crippen molar-refractivity contribution in [1.29, 1.82) is 0 Å². The van der Waals surface area contributed by atoms with Gasteiger partial charge in [-0.25, -0.2) is 0 Å². The zero-order valence-electron chi connectivity index (χ0n) is 32.7. The third-order valence-electron chi connectivity index (χ3n) is 7.93. The highest BCUT2D eigenvalue weighted by molar-refractivity contribution is 6.74. The van der Waals surface area contributed by atoms with Crippen molar-refractivity contribution in [3.63, 3.8) is 0 Å². The topological polar surface area (TPSA) is 90.9 Å². The molecule has 49 heavy (non-hydrogen) atoms. The molecule has 0 unspecified atom stereocenters. The molecule has 0 rings (SSSR count). The van der Waals surface area contributed by atoms with Crippen LogP contribution in [0.1, 0.15) is 120 Å². The van der Waals surface area contributed by atoms with Gasteiger partial charge in [-0.1, -0.05) is 114 Å². The Balaban J connectivity index is 4.72. The minimum Gasteiger partial charge on any atom is -0.465 e. The third-order valence-corrected chi connectivity index (χ3v) is 12.4. The highest BCUT2D eigenvalue weighted by Crippen LogP contribution is 2.40. The quantitative estimate of drug-likeness (QED) is 0.0649. The number of amides is 1. The molecule has 0 aliphatic heterocycles. The summed E-state index contributed by atoms with van der Waals surface area (Å²) in [5.74, 6) is -1.02. The summed E-state index contributed by atoms with van der Waals surface area (Å²) in [7, 11) is -2.37. The van der Waals surface area contributed by atoms with Crippen LogP contribution >= 0.6 is 0 Å². The number of ether oxygens (including phenoxy) is 2. The number of carbonyl (C=O) groups excluding carboxylic acids is 3. The van der Waals surface area contributed by atoms with E-state index in [1.807, 2.05) is 19.9 Å². The van der Waals surface area contributed by atoms with Crippen molar-refractivity contribution in [2.75, 3.05) is 13.2 Å². The number of nitrogens with one attached hydrogen (secondary N) is 1. The maximum Gasteiger partial charge on any atom is 0.308 e. The number of hydrogen-bond acceptors (Lipinski definition) is 6. The number of esters is 2. The highest BCUT2D eigenvalue weighted by atomic mass is 28.4. The molecule has 1 N–H and O–H groups in total. The van der Waals surface area contributed by atoms with Crippen molar-refractivity contribution in [2.45, 2.75) is 150 Å². The zero-order valence-corrected chi connectivity index (χ0v) is 33.7. The Hall–Kier alpha value is -2.97. The molecule has 0 radical (unpaired) electrons. The molecule has 0 aliphatic carbocycles. The van der Waals surface area contributed by atoms with Gasteiger partial charge in [0.05, 0.1) is 13.0 Å². The van der Waals surface area contributed by atoms with Crippen LogP contribution in [0.2, 0.25) is 18.1 Å². The van der Waals surface area contributed by atoms with Gasteiger partial charge >= 0.3 is 11.9 Å².